The van der Waals surface area contributed by atoms with Crippen molar-refractivity contribution in [1.82, 2.24) is 20.1 Å². The van der Waals surface area contributed by atoms with Gasteiger partial charge in [-0.05, 0) is 51.4 Å². The molecule has 0 radical (unpaired) electrons. The van der Waals surface area contributed by atoms with Crippen LogP contribution < -0.4 is 5.32 Å². The molecule has 2 fully saturated rings. The zero-order valence-electron chi connectivity index (χ0n) is 20.2. The van der Waals surface area contributed by atoms with Crippen molar-refractivity contribution in [3.05, 3.63) is 40.2 Å². The van der Waals surface area contributed by atoms with E-state index in [1.807, 2.05) is 7.05 Å². The smallest absolute Gasteiger partial charge is 0.367 e. The molecule has 2 saturated heterocycles. The van der Waals surface area contributed by atoms with E-state index in [1.165, 1.54) is 23.5 Å². The van der Waals surface area contributed by atoms with Gasteiger partial charge in [-0.3, -0.25) is 9.59 Å². The van der Waals surface area contributed by atoms with Gasteiger partial charge in [0, 0.05) is 30.6 Å². The number of thiazole rings is 1. The van der Waals surface area contributed by atoms with Crippen molar-refractivity contribution < 1.29 is 27.5 Å². The largest absolute Gasteiger partial charge is 0.416 e. The molecule has 196 valence electrons. The summed E-state index contributed by atoms with van der Waals surface area (Å²) in [7, 11) is 2.05. The third-order valence-electron chi connectivity index (χ3n) is 6.64. The van der Waals surface area contributed by atoms with Gasteiger partial charge in [0.05, 0.1) is 29.8 Å². The molecule has 2 unspecified atom stereocenters. The van der Waals surface area contributed by atoms with E-state index in [-0.39, 0.29) is 37.0 Å². The number of amides is 2. The molecule has 0 saturated carbocycles. The Kier molecular flexibility index (Phi) is 8.63. The first-order chi connectivity index (χ1) is 17.2. The highest BCUT2D eigenvalue weighted by Crippen LogP contribution is 2.31. The fraction of sp³-hybridized carbons (Fsp3) is 0.560. The molecular formula is C25H31F3N4O3S. The molecule has 2 amide bonds. The van der Waals surface area contributed by atoms with Crippen molar-refractivity contribution in [1.29, 1.82) is 0 Å². The highest BCUT2D eigenvalue weighted by Gasteiger charge is 2.31. The van der Waals surface area contributed by atoms with Gasteiger partial charge in [-0.2, -0.15) is 13.2 Å². The molecule has 1 aromatic heterocycles. The predicted molar refractivity (Wildman–Crippen MR) is 130 cm³/mol. The molecule has 2 atom stereocenters. The second-order valence-electron chi connectivity index (χ2n) is 9.44. The number of likely N-dealkylation sites (tertiary alicyclic amines) is 2. The van der Waals surface area contributed by atoms with Gasteiger partial charge in [0.25, 0.3) is 0 Å². The number of nitrogens with one attached hydrogen (secondary N) is 1. The number of benzene rings is 1. The van der Waals surface area contributed by atoms with Gasteiger partial charge in [-0.1, -0.05) is 12.1 Å². The van der Waals surface area contributed by atoms with Crippen LogP contribution in [0.5, 0.6) is 0 Å². The van der Waals surface area contributed by atoms with Crippen LogP contribution in [-0.4, -0.2) is 72.5 Å². The summed E-state index contributed by atoms with van der Waals surface area (Å²) in [6, 6.07) is 4.85. The molecule has 1 N–H and O–H groups in total. The summed E-state index contributed by atoms with van der Waals surface area (Å²) in [6.07, 6.45) is -0.826. The monoisotopic (exact) mass is 524 g/mol. The minimum Gasteiger partial charge on any atom is -0.367 e. The Morgan fingerprint density at radius 3 is 2.61 bits per heavy atom. The molecule has 3 heterocycles. The van der Waals surface area contributed by atoms with E-state index < -0.39 is 11.7 Å². The Hall–Kier alpha value is -2.50. The third-order valence-corrected chi connectivity index (χ3v) is 7.49. The van der Waals surface area contributed by atoms with E-state index in [2.05, 4.69) is 15.2 Å². The lowest BCUT2D eigenvalue weighted by molar-refractivity contribution is -0.142. The summed E-state index contributed by atoms with van der Waals surface area (Å²) in [5.41, 5.74) is 0.444. The van der Waals surface area contributed by atoms with E-state index in [4.69, 9.17) is 4.74 Å². The highest BCUT2D eigenvalue weighted by molar-refractivity contribution is 7.09. The Morgan fingerprint density at radius 1 is 1.14 bits per heavy atom. The van der Waals surface area contributed by atoms with Crippen LogP contribution in [0.1, 0.15) is 36.3 Å². The maximum Gasteiger partial charge on any atom is 0.416 e. The predicted octanol–water partition coefficient (Wildman–Crippen LogP) is 3.79. The van der Waals surface area contributed by atoms with Gasteiger partial charge < -0.3 is 19.9 Å². The molecule has 0 aliphatic carbocycles. The fourth-order valence-corrected chi connectivity index (χ4v) is 5.36. The lowest BCUT2D eigenvalue weighted by Gasteiger charge is -2.33. The highest BCUT2D eigenvalue weighted by atomic mass is 32.1. The maximum absolute atomic E-state index is 12.8. The van der Waals surface area contributed by atoms with Crippen LogP contribution >= 0.6 is 11.3 Å². The Bertz CT molecular complexity index is 1040. The lowest BCUT2D eigenvalue weighted by atomic mass is 9.97. The molecule has 4 rings (SSSR count). The summed E-state index contributed by atoms with van der Waals surface area (Å²) < 4.78 is 44.1. The molecule has 2 aliphatic heterocycles. The number of rotatable bonds is 7. The number of carbonyl (C=O) groups excluding carboxylic acids is 2. The number of likely N-dealkylation sites (N-methyl/N-ethyl adjacent to an activating group) is 1. The summed E-state index contributed by atoms with van der Waals surface area (Å²) >= 11 is 1.34. The molecular weight excluding hydrogens is 493 g/mol. The topological polar surface area (TPSA) is 74.8 Å². The van der Waals surface area contributed by atoms with Crippen LogP contribution in [0.4, 0.5) is 13.2 Å². The summed E-state index contributed by atoms with van der Waals surface area (Å²) in [4.78, 5) is 33.8. The molecule has 2 aliphatic rings. The average molecular weight is 525 g/mol. The van der Waals surface area contributed by atoms with E-state index in [1.54, 1.807) is 10.3 Å². The van der Waals surface area contributed by atoms with Crippen molar-refractivity contribution in [2.24, 2.45) is 5.92 Å². The number of hydrogen-bond acceptors (Lipinski definition) is 6. The van der Waals surface area contributed by atoms with Crippen LogP contribution in [0.15, 0.2) is 29.6 Å². The minimum atomic E-state index is -4.38. The first kappa shape index (κ1) is 26.6. The minimum absolute atomic E-state index is 0.0404. The van der Waals surface area contributed by atoms with Crippen LogP contribution in [0.2, 0.25) is 0 Å². The van der Waals surface area contributed by atoms with E-state index in [9.17, 15) is 22.8 Å². The Morgan fingerprint density at radius 2 is 1.89 bits per heavy atom. The summed E-state index contributed by atoms with van der Waals surface area (Å²) in [6.45, 7) is 3.14. The summed E-state index contributed by atoms with van der Waals surface area (Å²) in [5.74, 6) is -0.506. The molecule has 0 spiro atoms. The first-order valence-electron chi connectivity index (χ1n) is 12.2. The lowest BCUT2D eigenvalue weighted by Crippen LogP contribution is -2.47. The van der Waals surface area contributed by atoms with Crippen molar-refractivity contribution in [2.75, 3.05) is 39.8 Å². The normalized spacial score (nSPS) is 21.4. The van der Waals surface area contributed by atoms with Crippen LogP contribution in [0.25, 0.3) is 11.3 Å². The number of alkyl halides is 3. The quantitative estimate of drug-likeness (QED) is 0.597. The van der Waals surface area contributed by atoms with Crippen LogP contribution in [0, 0.1) is 5.92 Å². The zero-order valence-corrected chi connectivity index (χ0v) is 21.0. The molecule has 36 heavy (non-hydrogen) atoms. The number of carbonyl (C=O) groups is 2. The standard InChI is InChI=1S/C25H31F3N4O3S/c1-31-10-3-5-20(14-31)35-15-23(33)32-11-2-4-18(13-32)24(34)29-12-22-30-21(16-36-22)17-6-8-19(9-7-17)25(26,27)28/h6-9,16,18,20H,2-5,10-15H2,1H3,(H,29,34). The maximum atomic E-state index is 12.8. The van der Waals surface area contributed by atoms with Crippen molar-refractivity contribution in [3.63, 3.8) is 0 Å². The Balaban J connectivity index is 1.24. The summed E-state index contributed by atoms with van der Waals surface area (Å²) in [5, 5.41) is 5.32. The van der Waals surface area contributed by atoms with Gasteiger partial charge in [0.1, 0.15) is 11.6 Å². The van der Waals surface area contributed by atoms with Crippen LogP contribution in [-0.2, 0) is 27.0 Å². The second-order valence-corrected chi connectivity index (χ2v) is 10.4. The van der Waals surface area contributed by atoms with Crippen molar-refractivity contribution in [2.45, 2.75) is 44.5 Å². The van der Waals surface area contributed by atoms with Gasteiger partial charge in [-0.25, -0.2) is 4.98 Å². The zero-order chi connectivity index (χ0) is 25.7. The molecule has 0 bridgehead atoms. The van der Waals surface area contributed by atoms with E-state index in [0.29, 0.717) is 35.8 Å². The Labute approximate surface area is 212 Å². The number of nitrogens with zero attached hydrogens (tertiary/aromatic N) is 3. The number of aromatic nitrogens is 1. The van der Waals surface area contributed by atoms with Gasteiger partial charge in [0.15, 0.2) is 0 Å². The fourth-order valence-electron chi connectivity index (χ4n) is 4.61. The van der Waals surface area contributed by atoms with Gasteiger partial charge >= 0.3 is 6.18 Å². The average Bonchev–Trinajstić information content (AvgIpc) is 3.35. The van der Waals surface area contributed by atoms with Crippen molar-refractivity contribution >= 4 is 23.2 Å². The van der Waals surface area contributed by atoms with Gasteiger partial charge in [-0.15, -0.1) is 11.3 Å². The molecule has 11 heteroatoms. The number of hydrogen-bond donors (Lipinski definition) is 1. The van der Waals surface area contributed by atoms with E-state index in [0.717, 1.165) is 44.5 Å². The second kappa shape index (κ2) is 11.7. The van der Waals surface area contributed by atoms with Gasteiger partial charge in [0.2, 0.25) is 11.8 Å². The molecule has 7 nitrogen and oxygen atoms in total. The molecule has 1 aromatic carbocycles. The SMILES string of the molecule is CN1CCCC(OCC(=O)N2CCCC(C(=O)NCc3nc(-c4ccc(C(F)(F)F)cc4)cs3)C2)C1. The number of ether oxygens (including phenoxy) is 1. The number of halogens is 3. The van der Waals surface area contributed by atoms with Crippen molar-refractivity contribution in [3.8, 4) is 11.3 Å². The number of piperidine rings is 2. The first-order valence-corrected chi connectivity index (χ1v) is 13.0. The van der Waals surface area contributed by atoms with E-state index >= 15 is 0 Å². The van der Waals surface area contributed by atoms with Crippen LogP contribution in [0.3, 0.4) is 0 Å². The third kappa shape index (κ3) is 7.04. The molecule has 2 aromatic rings.